The number of hydrogen-bond donors (Lipinski definition) is 2. The van der Waals surface area contributed by atoms with Crippen molar-refractivity contribution in [1.82, 2.24) is 4.98 Å². The Morgan fingerprint density at radius 3 is 3.13 bits per heavy atom. The molecule has 82 valence electrons. The predicted molar refractivity (Wildman–Crippen MR) is 59.2 cm³/mol. The van der Waals surface area contributed by atoms with Gasteiger partial charge in [0.1, 0.15) is 0 Å². The normalized spacial score (nSPS) is 22.9. The molecule has 0 bridgehead atoms. The van der Waals surface area contributed by atoms with Crippen LogP contribution in [-0.4, -0.2) is 17.7 Å². The van der Waals surface area contributed by atoms with Crippen LogP contribution in [0.4, 0.5) is 5.69 Å². The van der Waals surface area contributed by atoms with Crippen LogP contribution in [0.3, 0.4) is 0 Å². The number of anilines is 1. The Balaban J connectivity index is 2.00. The lowest BCUT2D eigenvalue weighted by molar-refractivity contribution is 0.0984. The van der Waals surface area contributed by atoms with Gasteiger partial charge in [0, 0.05) is 36.3 Å². The van der Waals surface area contributed by atoms with Gasteiger partial charge in [0.05, 0.1) is 6.10 Å². The van der Waals surface area contributed by atoms with Crippen LogP contribution in [0.25, 0.3) is 0 Å². The molecule has 1 aliphatic heterocycles. The molecule has 0 saturated carbocycles. The second kappa shape index (κ2) is 4.59. The van der Waals surface area contributed by atoms with Crippen molar-refractivity contribution in [3.05, 3.63) is 24.0 Å². The highest BCUT2D eigenvalue weighted by Gasteiger charge is 2.20. The maximum absolute atomic E-state index is 6.08. The van der Waals surface area contributed by atoms with Crippen molar-refractivity contribution in [2.75, 3.05) is 12.3 Å². The van der Waals surface area contributed by atoms with Gasteiger partial charge in [0.25, 0.3) is 0 Å². The quantitative estimate of drug-likeness (QED) is 0.781. The number of nitrogen functional groups attached to an aromatic ring is 1. The Morgan fingerprint density at radius 2 is 2.47 bits per heavy atom. The molecule has 2 unspecified atom stereocenters. The molecule has 0 radical (unpaired) electrons. The molecule has 2 rings (SSSR count). The van der Waals surface area contributed by atoms with Gasteiger partial charge in [0.15, 0.2) is 0 Å². The fourth-order valence-corrected chi connectivity index (χ4v) is 1.97. The third-order valence-corrected chi connectivity index (χ3v) is 2.83. The van der Waals surface area contributed by atoms with Crippen molar-refractivity contribution >= 4 is 5.69 Å². The van der Waals surface area contributed by atoms with Gasteiger partial charge >= 0.3 is 0 Å². The summed E-state index contributed by atoms with van der Waals surface area (Å²) >= 11 is 0. The minimum Gasteiger partial charge on any atom is -0.398 e. The van der Waals surface area contributed by atoms with Crippen LogP contribution in [-0.2, 0) is 4.74 Å². The zero-order chi connectivity index (χ0) is 10.7. The Bertz CT molecular complexity index is 323. The molecule has 1 saturated heterocycles. The lowest BCUT2D eigenvalue weighted by Gasteiger charge is -2.17. The molecule has 0 amide bonds. The minimum absolute atomic E-state index is 0.0678. The number of rotatable bonds is 3. The van der Waals surface area contributed by atoms with Crippen molar-refractivity contribution in [1.29, 1.82) is 0 Å². The SMILES string of the molecule is Nc1ccncc1C(N)CC1CCCO1. The van der Waals surface area contributed by atoms with E-state index in [1.54, 1.807) is 18.5 Å². The Morgan fingerprint density at radius 1 is 1.60 bits per heavy atom. The van der Waals surface area contributed by atoms with Crippen LogP contribution in [0, 0.1) is 0 Å². The molecule has 4 nitrogen and oxygen atoms in total. The highest BCUT2D eigenvalue weighted by atomic mass is 16.5. The summed E-state index contributed by atoms with van der Waals surface area (Å²) in [7, 11) is 0. The lowest BCUT2D eigenvalue weighted by atomic mass is 10.0. The van der Waals surface area contributed by atoms with Crippen LogP contribution in [0.5, 0.6) is 0 Å². The fraction of sp³-hybridized carbons (Fsp3) is 0.545. The van der Waals surface area contributed by atoms with Gasteiger partial charge in [-0.25, -0.2) is 0 Å². The molecule has 0 aliphatic carbocycles. The Labute approximate surface area is 89.6 Å². The maximum Gasteiger partial charge on any atom is 0.0594 e. The van der Waals surface area contributed by atoms with Gasteiger partial charge in [-0.3, -0.25) is 4.98 Å². The van der Waals surface area contributed by atoms with Crippen LogP contribution < -0.4 is 11.5 Å². The van der Waals surface area contributed by atoms with Crippen molar-refractivity contribution in [3.8, 4) is 0 Å². The molecule has 1 fully saturated rings. The van der Waals surface area contributed by atoms with E-state index in [4.69, 9.17) is 16.2 Å². The third-order valence-electron chi connectivity index (χ3n) is 2.83. The number of pyridine rings is 1. The predicted octanol–water partition coefficient (Wildman–Crippen LogP) is 1.23. The topological polar surface area (TPSA) is 74.2 Å². The van der Waals surface area contributed by atoms with Gasteiger partial charge in [-0.15, -0.1) is 0 Å². The molecule has 2 heterocycles. The average Bonchev–Trinajstić information content (AvgIpc) is 2.71. The van der Waals surface area contributed by atoms with Crippen LogP contribution >= 0.6 is 0 Å². The zero-order valence-corrected chi connectivity index (χ0v) is 8.73. The molecule has 1 aliphatic rings. The van der Waals surface area contributed by atoms with E-state index in [2.05, 4.69) is 4.98 Å². The summed E-state index contributed by atoms with van der Waals surface area (Å²) in [6.07, 6.45) is 6.79. The number of nitrogens with two attached hydrogens (primary N) is 2. The molecule has 2 atom stereocenters. The molecule has 1 aromatic rings. The smallest absolute Gasteiger partial charge is 0.0594 e. The fourth-order valence-electron chi connectivity index (χ4n) is 1.97. The van der Waals surface area contributed by atoms with E-state index in [9.17, 15) is 0 Å². The van der Waals surface area contributed by atoms with E-state index in [0.717, 1.165) is 37.1 Å². The summed E-state index contributed by atoms with van der Waals surface area (Å²) in [4.78, 5) is 4.04. The summed E-state index contributed by atoms with van der Waals surface area (Å²) in [5, 5.41) is 0. The lowest BCUT2D eigenvalue weighted by Crippen LogP contribution is -2.19. The summed E-state index contributed by atoms with van der Waals surface area (Å²) in [5.74, 6) is 0. The first-order valence-corrected chi connectivity index (χ1v) is 5.34. The van der Waals surface area contributed by atoms with E-state index in [1.165, 1.54) is 0 Å². The van der Waals surface area contributed by atoms with Crippen molar-refractivity contribution in [3.63, 3.8) is 0 Å². The van der Waals surface area contributed by atoms with Crippen molar-refractivity contribution in [2.24, 2.45) is 5.73 Å². The monoisotopic (exact) mass is 207 g/mol. The van der Waals surface area contributed by atoms with E-state index >= 15 is 0 Å². The first-order chi connectivity index (χ1) is 7.27. The first-order valence-electron chi connectivity index (χ1n) is 5.34. The van der Waals surface area contributed by atoms with Crippen LogP contribution in [0.1, 0.15) is 30.9 Å². The summed E-state index contributed by atoms with van der Waals surface area (Å²) in [6.45, 7) is 0.861. The number of ether oxygens (including phenoxy) is 1. The molecule has 4 heteroatoms. The van der Waals surface area contributed by atoms with Gasteiger partial charge < -0.3 is 16.2 Å². The molecule has 1 aromatic heterocycles. The largest absolute Gasteiger partial charge is 0.398 e. The number of aromatic nitrogens is 1. The van der Waals surface area contributed by atoms with E-state index in [0.29, 0.717) is 6.10 Å². The Kier molecular flexibility index (Phi) is 3.18. The second-order valence-electron chi connectivity index (χ2n) is 3.98. The highest BCUT2D eigenvalue weighted by Crippen LogP contribution is 2.25. The van der Waals surface area contributed by atoms with E-state index < -0.39 is 0 Å². The standard InChI is InChI=1S/C11H17N3O/c12-10-3-4-14-7-9(10)11(13)6-8-2-1-5-15-8/h3-4,7-8,11H,1-2,5-6,13H2,(H2,12,14). The summed E-state index contributed by atoms with van der Waals surface area (Å²) in [6, 6.07) is 1.71. The molecule has 0 aromatic carbocycles. The minimum atomic E-state index is -0.0678. The number of hydrogen-bond acceptors (Lipinski definition) is 4. The number of nitrogens with zero attached hydrogens (tertiary/aromatic N) is 1. The van der Waals surface area contributed by atoms with Crippen molar-refractivity contribution in [2.45, 2.75) is 31.4 Å². The van der Waals surface area contributed by atoms with Crippen molar-refractivity contribution < 1.29 is 4.74 Å². The highest BCUT2D eigenvalue weighted by molar-refractivity contribution is 5.46. The average molecular weight is 207 g/mol. The van der Waals surface area contributed by atoms with E-state index in [-0.39, 0.29) is 6.04 Å². The summed E-state index contributed by atoms with van der Waals surface area (Å²) in [5.41, 5.74) is 13.6. The molecule has 15 heavy (non-hydrogen) atoms. The second-order valence-corrected chi connectivity index (χ2v) is 3.98. The van der Waals surface area contributed by atoms with Gasteiger partial charge in [0.2, 0.25) is 0 Å². The molecule has 4 N–H and O–H groups in total. The van der Waals surface area contributed by atoms with Gasteiger partial charge in [-0.05, 0) is 25.3 Å². The van der Waals surface area contributed by atoms with Crippen LogP contribution in [0.15, 0.2) is 18.5 Å². The third kappa shape index (κ3) is 2.46. The van der Waals surface area contributed by atoms with Crippen LogP contribution in [0.2, 0.25) is 0 Å². The molecule has 0 spiro atoms. The Hall–Kier alpha value is -1.13. The first kappa shape index (κ1) is 10.4. The maximum atomic E-state index is 6.08. The van der Waals surface area contributed by atoms with E-state index in [1.807, 2.05) is 0 Å². The molecular weight excluding hydrogens is 190 g/mol. The zero-order valence-electron chi connectivity index (χ0n) is 8.73. The van der Waals surface area contributed by atoms with Gasteiger partial charge in [-0.1, -0.05) is 0 Å². The molecular formula is C11H17N3O. The summed E-state index contributed by atoms with van der Waals surface area (Å²) < 4.78 is 5.54. The van der Waals surface area contributed by atoms with Gasteiger partial charge in [-0.2, -0.15) is 0 Å².